The van der Waals surface area contributed by atoms with Crippen molar-refractivity contribution >= 4 is 11.8 Å². The van der Waals surface area contributed by atoms with Gasteiger partial charge in [0.15, 0.2) is 0 Å². The zero-order valence-electron chi connectivity index (χ0n) is 15.5. The van der Waals surface area contributed by atoms with E-state index >= 15 is 0 Å². The van der Waals surface area contributed by atoms with E-state index in [1.165, 1.54) is 0 Å². The second-order valence-corrected chi connectivity index (χ2v) is 8.84. The Balaban J connectivity index is 1.35. The lowest BCUT2D eigenvalue weighted by Crippen LogP contribution is -2.55. The maximum Gasteiger partial charge on any atom is 0.228 e. The van der Waals surface area contributed by atoms with E-state index in [9.17, 15) is 9.59 Å². The summed E-state index contributed by atoms with van der Waals surface area (Å²) in [6.45, 7) is 7.22. The maximum atomic E-state index is 13.2. The molecule has 3 saturated heterocycles. The van der Waals surface area contributed by atoms with Crippen molar-refractivity contribution in [3.8, 4) is 0 Å². The number of carbonyl (C=O) groups excluding carboxylic acids is 2. The average Bonchev–Trinajstić information content (AvgIpc) is 3.37. The first-order valence-corrected chi connectivity index (χ1v) is 10.2. The number of piperidine rings is 2. The Morgan fingerprint density at radius 3 is 2.48 bits per heavy atom. The molecular formula is C20H32N2O3. The summed E-state index contributed by atoms with van der Waals surface area (Å²) in [6.07, 6.45) is 7.07. The molecule has 3 heterocycles. The SMILES string of the molecule is C[C@H]1C[C@H]1C(=O)N1CCC2(CCCN(CC3CCOCC3)C2=O)CC1. The summed E-state index contributed by atoms with van der Waals surface area (Å²) in [5.41, 5.74) is -0.185. The van der Waals surface area contributed by atoms with Crippen LogP contribution in [0.25, 0.3) is 0 Å². The van der Waals surface area contributed by atoms with Gasteiger partial charge in [-0.1, -0.05) is 6.92 Å². The van der Waals surface area contributed by atoms with Crippen molar-refractivity contribution in [2.24, 2.45) is 23.2 Å². The molecular weight excluding hydrogens is 316 g/mol. The Hall–Kier alpha value is -1.10. The highest BCUT2D eigenvalue weighted by molar-refractivity contribution is 5.85. The molecule has 3 aliphatic heterocycles. The van der Waals surface area contributed by atoms with E-state index in [-0.39, 0.29) is 11.3 Å². The third kappa shape index (κ3) is 3.44. The number of nitrogens with zero attached hydrogens (tertiary/aromatic N) is 2. The Labute approximate surface area is 151 Å². The van der Waals surface area contributed by atoms with Gasteiger partial charge in [-0.2, -0.15) is 0 Å². The fraction of sp³-hybridized carbons (Fsp3) is 0.900. The van der Waals surface area contributed by atoms with Crippen molar-refractivity contribution in [2.75, 3.05) is 39.4 Å². The van der Waals surface area contributed by atoms with Crippen LogP contribution in [0.2, 0.25) is 0 Å². The van der Waals surface area contributed by atoms with Gasteiger partial charge in [0.2, 0.25) is 11.8 Å². The summed E-state index contributed by atoms with van der Waals surface area (Å²) in [4.78, 5) is 29.9. The van der Waals surface area contributed by atoms with Crippen LogP contribution >= 0.6 is 0 Å². The fourth-order valence-corrected chi connectivity index (χ4v) is 5.09. The standard InChI is InChI=1S/C20H32N2O3/c1-15-13-17(15)18(23)21-9-6-20(7-10-21)5-2-8-22(19(20)24)14-16-3-11-25-12-4-16/h15-17H,2-14H2,1H3/t15-,17+/m0/s1. The second-order valence-electron chi connectivity index (χ2n) is 8.84. The summed E-state index contributed by atoms with van der Waals surface area (Å²) in [5, 5.41) is 0. The molecule has 0 radical (unpaired) electrons. The highest BCUT2D eigenvalue weighted by Crippen LogP contribution is 2.44. The minimum absolute atomic E-state index is 0.185. The summed E-state index contributed by atoms with van der Waals surface area (Å²) in [7, 11) is 0. The number of ether oxygens (including phenoxy) is 1. The molecule has 0 N–H and O–H groups in total. The summed E-state index contributed by atoms with van der Waals surface area (Å²) in [5.74, 6) is 2.14. The van der Waals surface area contributed by atoms with E-state index in [1.807, 2.05) is 4.90 Å². The highest BCUT2D eigenvalue weighted by atomic mass is 16.5. The van der Waals surface area contributed by atoms with Gasteiger partial charge in [-0.3, -0.25) is 9.59 Å². The molecule has 140 valence electrons. The van der Waals surface area contributed by atoms with E-state index in [1.54, 1.807) is 0 Å². The molecule has 2 atom stereocenters. The van der Waals surface area contributed by atoms with Crippen LogP contribution in [0.15, 0.2) is 0 Å². The van der Waals surface area contributed by atoms with Gasteiger partial charge in [-0.05, 0) is 56.8 Å². The minimum Gasteiger partial charge on any atom is -0.381 e. The van der Waals surface area contributed by atoms with Crippen molar-refractivity contribution < 1.29 is 14.3 Å². The predicted molar refractivity (Wildman–Crippen MR) is 94.9 cm³/mol. The molecule has 4 fully saturated rings. The topological polar surface area (TPSA) is 49.9 Å². The van der Waals surface area contributed by atoms with Crippen molar-refractivity contribution in [2.45, 2.75) is 51.9 Å². The lowest BCUT2D eigenvalue weighted by Gasteiger charge is -2.47. The molecule has 1 saturated carbocycles. The van der Waals surface area contributed by atoms with Crippen LogP contribution in [-0.4, -0.2) is 61.0 Å². The molecule has 0 aromatic rings. The Kier molecular flexibility index (Phi) is 4.78. The molecule has 2 amide bonds. The molecule has 4 aliphatic rings. The van der Waals surface area contributed by atoms with Crippen molar-refractivity contribution in [1.82, 2.24) is 9.80 Å². The zero-order valence-corrected chi connectivity index (χ0v) is 15.5. The quantitative estimate of drug-likeness (QED) is 0.786. The second kappa shape index (κ2) is 6.90. The van der Waals surface area contributed by atoms with Gasteiger partial charge in [0.05, 0.1) is 5.41 Å². The first kappa shape index (κ1) is 17.3. The van der Waals surface area contributed by atoms with Gasteiger partial charge < -0.3 is 14.5 Å². The molecule has 1 aliphatic carbocycles. The molecule has 0 unspecified atom stereocenters. The number of likely N-dealkylation sites (tertiary alicyclic amines) is 2. The van der Waals surface area contributed by atoms with Crippen LogP contribution in [-0.2, 0) is 14.3 Å². The van der Waals surface area contributed by atoms with Crippen molar-refractivity contribution in [3.05, 3.63) is 0 Å². The van der Waals surface area contributed by atoms with Gasteiger partial charge in [0.25, 0.3) is 0 Å². The van der Waals surface area contributed by atoms with E-state index in [2.05, 4.69) is 11.8 Å². The highest BCUT2D eigenvalue weighted by Gasteiger charge is 2.48. The van der Waals surface area contributed by atoms with Crippen LogP contribution in [0.4, 0.5) is 0 Å². The van der Waals surface area contributed by atoms with E-state index in [4.69, 9.17) is 4.74 Å². The van der Waals surface area contributed by atoms with Crippen LogP contribution in [0, 0.1) is 23.2 Å². The van der Waals surface area contributed by atoms with Crippen LogP contribution in [0.5, 0.6) is 0 Å². The first-order valence-electron chi connectivity index (χ1n) is 10.2. The van der Waals surface area contributed by atoms with Gasteiger partial charge in [-0.15, -0.1) is 0 Å². The largest absolute Gasteiger partial charge is 0.381 e. The minimum atomic E-state index is -0.185. The maximum absolute atomic E-state index is 13.2. The normalized spacial score (nSPS) is 32.9. The van der Waals surface area contributed by atoms with Gasteiger partial charge in [0, 0.05) is 45.3 Å². The number of hydrogen-bond acceptors (Lipinski definition) is 3. The Bertz CT molecular complexity index is 521. The third-order valence-electron chi connectivity index (χ3n) is 7.10. The number of amides is 2. The third-order valence-corrected chi connectivity index (χ3v) is 7.10. The average molecular weight is 348 g/mol. The van der Waals surface area contributed by atoms with Crippen LogP contribution in [0.1, 0.15) is 51.9 Å². The number of carbonyl (C=O) groups is 2. The number of rotatable bonds is 3. The molecule has 25 heavy (non-hydrogen) atoms. The molecule has 4 rings (SSSR count). The van der Waals surface area contributed by atoms with E-state index < -0.39 is 0 Å². The molecule has 0 aromatic heterocycles. The molecule has 1 spiro atoms. The lowest BCUT2D eigenvalue weighted by atomic mass is 9.71. The monoisotopic (exact) mass is 348 g/mol. The number of hydrogen-bond donors (Lipinski definition) is 0. The molecule has 0 aromatic carbocycles. The fourth-order valence-electron chi connectivity index (χ4n) is 5.09. The molecule has 5 nitrogen and oxygen atoms in total. The summed E-state index contributed by atoms with van der Waals surface area (Å²) < 4.78 is 5.45. The molecule has 0 bridgehead atoms. The summed E-state index contributed by atoms with van der Waals surface area (Å²) in [6, 6.07) is 0. The van der Waals surface area contributed by atoms with Gasteiger partial charge >= 0.3 is 0 Å². The van der Waals surface area contributed by atoms with Crippen molar-refractivity contribution in [1.29, 1.82) is 0 Å². The Morgan fingerprint density at radius 2 is 1.84 bits per heavy atom. The van der Waals surface area contributed by atoms with E-state index in [0.717, 1.165) is 84.3 Å². The van der Waals surface area contributed by atoms with E-state index in [0.29, 0.717) is 23.7 Å². The van der Waals surface area contributed by atoms with Gasteiger partial charge in [0.1, 0.15) is 0 Å². The zero-order chi connectivity index (χ0) is 17.4. The Morgan fingerprint density at radius 1 is 1.16 bits per heavy atom. The lowest BCUT2D eigenvalue weighted by molar-refractivity contribution is -0.154. The molecule has 5 heteroatoms. The first-order chi connectivity index (χ1) is 12.1. The predicted octanol–water partition coefficient (Wildman–Crippen LogP) is 2.30. The summed E-state index contributed by atoms with van der Waals surface area (Å²) >= 11 is 0. The van der Waals surface area contributed by atoms with Gasteiger partial charge in [-0.25, -0.2) is 0 Å². The van der Waals surface area contributed by atoms with Crippen LogP contribution < -0.4 is 0 Å². The smallest absolute Gasteiger partial charge is 0.228 e. The van der Waals surface area contributed by atoms with Crippen LogP contribution in [0.3, 0.4) is 0 Å². The van der Waals surface area contributed by atoms with Crippen molar-refractivity contribution in [3.63, 3.8) is 0 Å².